The molecule has 0 bridgehead atoms. The standard InChI is InChI=1S/C16H30NP/c1-17-18(14-8-2-3-9-14,15-10-4-5-11-15)16-12-6-7-13-16/h14-16H,2-13H2,1H3/p+1. The van der Waals surface area contributed by atoms with Crippen LogP contribution in [0.5, 0.6) is 0 Å². The fraction of sp³-hybridized carbons (Fsp3) is 1.00. The van der Waals surface area contributed by atoms with Crippen LogP contribution in [0.4, 0.5) is 0 Å². The largest absolute Gasteiger partial charge is 0.273 e. The van der Waals surface area contributed by atoms with Crippen molar-refractivity contribution >= 4 is 7.05 Å². The fourth-order valence-electron chi connectivity index (χ4n) is 5.44. The summed E-state index contributed by atoms with van der Waals surface area (Å²) in [5.74, 6) is 0. The Morgan fingerprint density at radius 2 is 0.889 bits per heavy atom. The summed E-state index contributed by atoms with van der Waals surface area (Å²) in [7, 11) is 1.47. The summed E-state index contributed by atoms with van der Waals surface area (Å²) in [5, 5.41) is 0. The van der Waals surface area contributed by atoms with Crippen molar-refractivity contribution in [2.24, 2.45) is 0 Å². The SMILES string of the molecule is C[NH+]=P(C1CCCC1)(C1CCCC1)C1CCCC1. The van der Waals surface area contributed by atoms with Crippen LogP contribution in [0.25, 0.3) is 0 Å². The van der Waals surface area contributed by atoms with Crippen LogP contribution in [-0.2, 0) is 0 Å². The summed E-state index contributed by atoms with van der Waals surface area (Å²) in [6.07, 6.45) is 18.5. The second kappa shape index (κ2) is 5.70. The summed E-state index contributed by atoms with van der Waals surface area (Å²) < 4.78 is 4.05. The summed E-state index contributed by atoms with van der Waals surface area (Å²) in [4.78, 5) is 0. The van der Waals surface area contributed by atoms with Crippen molar-refractivity contribution in [2.75, 3.05) is 7.05 Å². The Labute approximate surface area is 113 Å². The molecule has 2 heteroatoms. The zero-order valence-electron chi connectivity index (χ0n) is 12.2. The predicted molar refractivity (Wildman–Crippen MR) is 80.6 cm³/mol. The van der Waals surface area contributed by atoms with Gasteiger partial charge in [0.1, 0.15) is 14.1 Å². The summed E-state index contributed by atoms with van der Waals surface area (Å²) >= 11 is 0. The Morgan fingerprint density at radius 1 is 0.611 bits per heavy atom. The Morgan fingerprint density at radius 3 is 1.11 bits per heavy atom. The molecule has 1 nitrogen and oxygen atoms in total. The average Bonchev–Trinajstić information content (AvgIpc) is 3.16. The minimum absolute atomic E-state index is 0.870. The molecule has 0 heterocycles. The first-order valence-corrected chi connectivity index (χ1v) is 10.4. The highest BCUT2D eigenvalue weighted by Gasteiger charge is 2.49. The third-order valence-corrected chi connectivity index (χ3v) is 12.1. The van der Waals surface area contributed by atoms with Gasteiger partial charge in [-0.15, -0.1) is 0 Å². The molecule has 3 aliphatic rings. The predicted octanol–water partition coefficient (Wildman–Crippen LogP) is 3.73. The molecule has 3 saturated carbocycles. The van der Waals surface area contributed by atoms with Crippen LogP contribution in [0.15, 0.2) is 0 Å². The topological polar surface area (TPSA) is 14.0 Å². The van der Waals surface area contributed by atoms with Crippen molar-refractivity contribution in [3.8, 4) is 0 Å². The first-order valence-electron chi connectivity index (χ1n) is 8.45. The first-order chi connectivity index (χ1) is 8.88. The molecule has 3 rings (SSSR count). The minimum Gasteiger partial charge on any atom is -0.273 e. The molecule has 0 aromatic carbocycles. The maximum absolute atomic E-state index is 4.05. The number of rotatable bonds is 3. The van der Waals surface area contributed by atoms with E-state index in [0.717, 1.165) is 17.0 Å². The van der Waals surface area contributed by atoms with Crippen LogP contribution in [0.1, 0.15) is 77.0 Å². The van der Waals surface area contributed by atoms with Crippen LogP contribution in [0, 0.1) is 0 Å². The quantitative estimate of drug-likeness (QED) is 0.750. The lowest BCUT2D eigenvalue weighted by molar-refractivity contribution is -0.400. The molecule has 0 aromatic rings. The van der Waals surface area contributed by atoms with Gasteiger partial charge in [0.25, 0.3) is 0 Å². The van der Waals surface area contributed by atoms with E-state index in [9.17, 15) is 0 Å². The Bertz CT molecular complexity index is 270. The highest BCUT2D eigenvalue weighted by atomic mass is 31.2. The van der Waals surface area contributed by atoms with Crippen molar-refractivity contribution in [1.29, 1.82) is 0 Å². The van der Waals surface area contributed by atoms with Gasteiger partial charge < -0.3 is 0 Å². The van der Waals surface area contributed by atoms with E-state index in [4.69, 9.17) is 0 Å². The molecule has 3 aliphatic carbocycles. The van der Waals surface area contributed by atoms with Gasteiger partial charge in [0.05, 0.1) is 0 Å². The van der Waals surface area contributed by atoms with Gasteiger partial charge in [0.2, 0.25) is 0 Å². The van der Waals surface area contributed by atoms with E-state index >= 15 is 0 Å². The number of hydrogen-bond acceptors (Lipinski definition) is 0. The van der Waals surface area contributed by atoms with Crippen LogP contribution in [0.3, 0.4) is 0 Å². The highest BCUT2D eigenvalue weighted by molar-refractivity contribution is 7.65. The number of nitrogens with one attached hydrogen (secondary N) is 1. The molecular formula is C16H31NP+. The maximum Gasteiger partial charge on any atom is 0.125 e. The zero-order valence-corrected chi connectivity index (χ0v) is 13.1. The highest BCUT2D eigenvalue weighted by Crippen LogP contribution is 2.67. The smallest absolute Gasteiger partial charge is 0.125 e. The molecule has 18 heavy (non-hydrogen) atoms. The summed E-state index contributed by atoms with van der Waals surface area (Å²) in [5.41, 5.74) is 3.32. The first kappa shape index (κ1) is 13.2. The van der Waals surface area contributed by atoms with Gasteiger partial charge >= 0.3 is 0 Å². The second-order valence-electron chi connectivity index (χ2n) is 6.87. The molecule has 0 radical (unpaired) electrons. The molecule has 0 spiro atoms. The van der Waals surface area contributed by atoms with E-state index < -0.39 is 7.05 Å². The third-order valence-electron chi connectivity index (χ3n) is 6.17. The normalized spacial score (nSPS) is 28.3. The lowest BCUT2D eigenvalue weighted by atomic mass is 10.3. The van der Waals surface area contributed by atoms with Gasteiger partial charge in [-0.3, -0.25) is 4.74 Å². The molecular weight excluding hydrogens is 237 g/mol. The van der Waals surface area contributed by atoms with E-state index in [1.54, 1.807) is 38.5 Å². The van der Waals surface area contributed by atoms with E-state index in [0.29, 0.717) is 0 Å². The van der Waals surface area contributed by atoms with Gasteiger partial charge in [-0.05, 0) is 38.5 Å². The molecule has 0 atom stereocenters. The summed E-state index contributed by atoms with van der Waals surface area (Å²) in [6, 6.07) is 0. The van der Waals surface area contributed by atoms with Crippen molar-refractivity contribution in [3.05, 3.63) is 0 Å². The average molecular weight is 268 g/mol. The van der Waals surface area contributed by atoms with Gasteiger partial charge in [-0.1, -0.05) is 38.5 Å². The van der Waals surface area contributed by atoms with E-state index in [1.807, 2.05) is 0 Å². The van der Waals surface area contributed by atoms with Crippen LogP contribution in [-0.4, -0.2) is 24.0 Å². The summed E-state index contributed by atoms with van der Waals surface area (Å²) in [6.45, 7) is 0. The molecule has 1 N–H and O–H groups in total. The van der Waals surface area contributed by atoms with Crippen molar-refractivity contribution in [1.82, 2.24) is 0 Å². The monoisotopic (exact) mass is 268 g/mol. The third kappa shape index (κ3) is 2.11. The van der Waals surface area contributed by atoms with Gasteiger partial charge in [0.15, 0.2) is 0 Å². The number of hydrogen-bond donors (Lipinski definition) is 1. The van der Waals surface area contributed by atoms with Gasteiger partial charge in [-0.2, -0.15) is 0 Å². The van der Waals surface area contributed by atoms with Crippen molar-refractivity contribution < 1.29 is 4.74 Å². The zero-order chi connectivity index (χ0) is 12.4. The molecule has 0 saturated heterocycles. The lowest BCUT2D eigenvalue weighted by Crippen LogP contribution is -2.65. The van der Waals surface area contributed by atoms with Gasteiger partial charge in [0, 0.05) is 17.0 Å². The van der Waals surface area contributed by atoms with Crippen LogP contribution in [0.2, 0.25) is 0 Å². The lowest BCUT2D eigenvalue weighted by Gasteiger charge is -2.35. The van der Waals surface area contributed by atoms with E-state index in [-0.39, 0.29) is 0 Å². The Hall–Kier alpha value is 0.230. The van der Waals surface area contributed by atoms with Crippen molar-refractivity contribution in [3.63, 3.8) is 0 Å². The van der Waals surface area contributed by atoms with E-state index in [1.165, 1.54) is 38.5 Å². The fourth-order valence-corrected chi connectivity index (χ4v) is 12.0. The molecule has 0 aliphatic heterocycles. The molecule has 0 unspecified atom stereocenters. The molecule has 0 aromatic heterocycles. The maximum atomic E-state index is 4.05. The van der Waals surface area contributed by atoms with E-state index in [2.05, 4.69) is 11.8 Å². The Balaban J connectivity index is 1.93. The van der Waals surface area contributed by atoms with Crippen molar-refractivity contribution in [2.45, 2.75) is 94.0 Å². The van der Waals surface area contributed by atoms with Crippen LogP contribution >= 0.6 is 7.05 Å². The molecule has 0 amide bonds. The molecule has 3 fully saturated rings. The minimum atomic E-state index is -0.870. The Kier molecular flexibility index (Phi) is 4.18. The molecule has 104 valence electrons. The second-order valence-corrected chi connectivity index (χ2v) is 11.2. The van der Waals surface area contributed by atoms with Gasteiger partial charge in [-0.25, -0.2) is 0 Å². The van der Waals surface area contributed by atoms with Crippen LogP contribution < -0.4 is 4.74 Å².